The van der Waals surface area contributed by atoms with Crippen LogP contribution >= 0.6 is 15.9 Å². The lowest BCUT2D eigenvalue weighted by molar-refractivity contribution is 0.0953. The van der Waals surface area contributed by atoms with E-state index >= 15 is 0 Å². The Balaban J connectivity index is 1.79. The Kier molecular flexibility index (Phi) is 3.47. The average molecular weight is 349 g/mol. The Morgan fingerprint density at radius 2 is 2.05 bits per heavy atom. The minimum absolute atomic E-state index is 0.124. The highest BCUT2D eigenvalue weighted by molar-refractivity contribution is 9.10. The zero-order valence-corrected chi connectivity index (χ0v) is 14.3. The van der Waals surface area contributed by atoms with E-state index in [1.165, 1.54) is 12.8 Å². The van der Waals surface area contributed by atoms with Gasteiger partial charge in [0.15, 0.2) is 0 Å². The molecule has 1 aromatic rings. The van der Waals surface area contributed by atoms with E-state index in [0.717, 1.165) is 16.6 Å². The van der Waals surface area contributed by atoms with Gasteiger partial charge in [0.05, 0.1) is 5.56 Å². The van der Waals surface area contributed by atoms with E-state index < -0.39 is 0 Å². The molecule has 3 nitrogen and oxygen atoms in total. The number of carbonyl (C=O) groups excluding carboxylic acids is 1. The molecule has 1 aromatic carbocycles. The highest BCUT2D eigenvalue weighted by Crippen LogP contribution is 2.63. The van der Waals surface area contributed by atoms with Gasteiger partial charge in [-0.05, 0) is 58.7 Å². The van der Waals surface area contributed by atoms with Gasteiger partial charge >= 0.3 is 0 Å². The maximum absolute atomic E-state index is 12.2. The van der Waals surface area contributed by atoms with E-state index in [0.29, 0.717) is 11.5 Å². The fourth-order valence-corrected chi connectivity index (χ4v) is 4.39. The van der Waals surface area contributed by atoms with Crippen molar-refractivity contribution in [3.8, 4) is 0 Å². The van der Waals surface area contributed by atoms with Crippen LogP contribution in [-0.2, 0) is 0 Å². The van der Waals surface area contributed by atoms with Gasteiger partial charge in [0.2, 0.25) is 0 Å². The molecule has 112 valence electrons. The molecule has 3 rings (SSSR count). The van der Waals surface area contributed by atoms with Crippen molar-refractivity contribution in [2.75, 3.05) is 0 Å². The summed E-state index contributed by atoms with van der Waals surface area (Å²) < 4.78 is 0.794. The van der Waals surface area contributed by atoms with Gasteiger partial charge in [0, 0.05) is 15.6 Å². The first-order chi connectivity index (χ1) is 9.86. The summed E-state index contributed by atoms with van der Waals surface area (Å²) in [5, 5.41) is 4.49. The van der Waals surface area contributed by atoms with Crippen LogP contribution < -0.4 is 5.43 Å². The number of hydrogen-bond donors (Lipinski definition) is 1. The van der Waals surface area contributed by atoms with E-state index in [2.05, 4.69) is 47.2 Å². The smallest absolute Gasteiger partial charge is 0.267 e. The van der Waals surface area contributed by atoms with E-state index in [1.54, 1.807) is 6.07 Å². The van der Waals surface area contributed by atoms with Crippen molar-refractivity contribution in [1.82, 2.24) is 5.43 Å². The van der Waals surface area contributed by atoms with Crippen molar-refractivity contribution in [1.29, 1.82) is 0 Å². The van der Waals surface area contributed by atoms with Crippen molar-refractivity contribution in [2.24, 2.45) is 21.8 Å². The first-order valence-electron chi connectivity index (χ1n) is 7.48. The number of nitrogens with zero attached hydrogens (tertiary/aromatic N) is 1. The van der Waals surface area contributed by atoms with Gasteiger partial charge in [-0.3, -0.25) is 4.79 Å². The van der Waals surface area contributed by atoms with E-state index in [4.69, 9.17) is 0 Å². The Labute approximate surface area is 134 Å². The predicted octanol–water partition coefficient (Wildman–Crippen LogP) is 4.38. The summed E-state index contributed by atoms with van der Waals surface area (Å²) in [6, 6.07) is 7.41. The third-order valence-electron chi connectivity index (χ3n) is 5.92. The van der Waals surface area contributed by atoms with Crippen LogP contribution in [0.4, 0.5) is 0 Å². The maximum atomic E-state index is 12.2. The molecule has 0 radical (unpaired) electrons. The molecule has 1 N–H and O–H groups in total. The number of hydrazone groups is 1. The maximum Gasteiger partial charge on any atom is 0.272 e. The van der Waals surface area contributed by atoms with Gasteiger partial charge in [-0.15, -0.1) is 0 Å². The number of carbonyl (C=O) groups is 1. The SMILES string of the molecule is CC1(C)[C@@H]2CC[C@]1(C)/C(=N\NC(=O)c1ccccc1Br)C2. The molecule has 2 atom stereocenters. The molecule has 0 aliphatic heterocycles. The van der Waals surface area contributed by atoms with Gasteiger partial charge in [-0.25, -0.2) is 5.43 Å². The minimum Gasteiger partial charge on any atom is -0.267 e. The first-order valence-corrected chi connectivity index (χ1v) is 8.27. The number of halogens is 1. The number of fused-ring (bicyclic) bond motifs is 2. The van der Waals surface area contributed by atoms with Crippen LogP contribution in [0, 0.1) is 16.7 Å². The Morgan fingerprint density at radius 3 is 2.62 bits per heavy atom. The quantitative estimate of drug-likeness (QED) is 0.791. The first kappa shape index (κ1) is 14.8. The lowest BCUT2D eigenvalue weighted by Gasteiger charge is -2.34. The van der Waals surface area contributed by atoms with Crippen molar-refractivity contribution in [2.45, 2.75) is 40.0 Å². The molecule has 2 aliphatic carbocycles. The number of nitrogens with one attached hydrogen (secondary N) is 1. The number of benzene rings is 1. The number of amides is 1. The van der Waals surface area contributed by atoms with Crippen molar-refractivity contribution >= 4 is 27.5 Å². The second kappa shape index (κ2) is 4.94. The van der Waals surface area contributed by atoms with Crippen molar-refractivity contribution < 1.29 is 4.79 Å². The minimum atomic E-state index is -0.154. The summed E-state index contributed by atoms with van der Waals surface area (Å²) >= 11 is 3.40. The summed E-state index contributed by atoms with van der Waals surface area (Å²) in [4.78, 5) is 12.2. The molecule has 0 saturated heterocycles. The van der Waals surface area contributed by atoms with Crippen LogP contribution in [0.2, 0.25) is 0 Å². The molecule has 2 saturated carbocycles. The van der Waals surface area contributed by atoms with Crippen molar-refractivity contribution in [3.63, 3.8) is 0 Å². The Hall–Kier alpha value is -1.16. The van der Waals surface area contributed by atoms with Gasteiger partial charge in [0.25, 0.3) is 5.91 Å². The molecular weight excluding hydrogens is 328 g/mol. The molecule has 0 spiro atoms. The zero-order chi connectivity index (χ0) is 15.3. The molecule has 21 heavy (non-hydrogen) atoms. The van der Waals surface area contributed by atoms with Crippen LogP contribution in [0.1, 0.15) is 50.4 Å². The lowest BCUT2D eigenvalue weighted by atomic mass is 9.70. The largest absolute Gasteiger partial charge is 0.272 e. The van der Waals surface area contributed by atoms with Gasteiger partial charge in [-0.2, -0.15) is 5.10 Å². The van der Waals surface area contributed by atoms with Gasteiger partial charge in [0.1, 0.15) is 0 Å². The molecular formula is C17H21BrN2O. The fraction of sp³-hybridized carbons (Fsp3) is 0.529. The molecule has 2 bridgehead atoms. The Bertz CT molecular complexity index is 623. The molecule has 0 heterocycles. The average Bonchev–Trinajstić information content (AvgIpc) is 2.78. The van der Waals surface area contributed by atoms with E-state index in [1.807, 2.05) is 18.2 Å². The number of rotatable bonds is 2. The van der Waals surface area contributed by atoms with Crippen LogP contribution in [0.5, 0.6) is 0 Å². The van der Waals surface area contributed by atoms with Crippen LogP contribution in [0.25, 0.3) is 0 Å². The van der Waals surface area contributed by atoms with Crippen LogP contribution in [0.3, 0.4) is 0 Å². The monoisotopic (exact) mass is 348 g/mol. The van der Waals surface area contributed by atoms with Gasteiger partial charge in [-0.1, -0.05) is 32.9 Å². The van der Waals surface area contributed by atoms with Crippen molar-refractivity contribution in [3.05, 3.63) is 34.3 Å². The molecule has 2 fully saturated rings. The Morgan fingerprint density at radius 1 is 1.33 bits per heavy atom. The second-order valence-corrected chi connectivity index (χ2v) is 7.83. The molecule has 4 heteroatoms. The third-order valence-corrected chi connectivity index (χ3v) is 6.61. The van der Waals surface area contributed by atoms with E-state index in [9.17, 15) is 4.79 Å². The topological polar surface area (TPSA) is 41.5 Å². The summed E-state index contributed by atoms with van der Waals surface area (Å²) in [6.07, 6.45) is 3.47. The summed E-state index contributed by atoms with van der Waals surface area (Å²) in [5.41, 5.74) is 4.93. The van der Waals surface area contributed by atoms with Crippen LogP contribution in [-0.4, -0.2) is 11.6 Å². The highest BCUT2D eigenvalue weighted by atomic mass is 79.9. The second-order valence-electron chi connectivity index (χ2n) is 6.97. The summed E-state index contributed by atoms with van der Waals surface area (Å²) in [6.45, 7) is 6.97. The predicted molar refractivity (Wildman–Crippen MR) is 88.3 cm³/mol. The fourth-order valence-electron chi connectivity index (χ4n) is 3.92. The zero-order valence-electron chi connectivity index (χ0n) is 12.7. The molecule has 1 amide bonds. The highest BCUT2D eigenvalue weighted by Gasteiger charge is 2.59. The normalized spacial score (nSPS) is 31.6. The number of hydrogen-bond acceptors (Lipinski definition) is 2. The van der Waals surface area contributed by atoms with E-state index in [-0.39, 0.29) is 16.7 Å². The summed E-state index contributed by atoms with van der Waals surface area (Å²) in [5.74, 6) is 0.542. The summed E-state index contributed by atoms with van der Waals surface area (Å²) in [7, 11) is 0. The van der Waals surface area contributed by atoms with Gasteiger partial charge < -0.3 is 0 Å². The molecule has 2 aliphatic rings. The van der Waals surface area contributed by atoms with Crippen LogP contribution in [0.15, 0.2) is 33.8 Å². The standard InChI is InChI=1S/C17H21BrN2O/c1-16(2)11-8-9-17(16,3)14(10-11)19-20-15(21)12-6-4-5-7-13(12)18/h4-7,11H,8-10H2,1-3H3,(H,20,21)/b19-14-/t11-,17-/m1/s1. The molecule has 0 unspecified atom stereocenters. The molecule has 0 aromatic heterocycles. The lowest BCUT2D eigenvalue weighted by Crippen LogP contribution is -2.34. The third kappa shape index (κ3) is 2.15.